The van der Waals surface area contributed by atoms with Crippen molar-refractivity contribution in [2.24, 2.45) is 5.92 Å². The Balaban J connectivity index is 1.77. The molecule has 0 saturated heterocycles. The second-order valence-corrected chi connectivity index (χ2v) is 7.01. The van der Waals surface area contributed by atoms with E-state index in [1.807, 2.05) is 89.8 Å². The highest BCUT2D eigenvalue weighted by atomic mass is 16.5. The summed E-state index contributed by atoms with van der Waals surface area (Å²) >= 11 is 0. The molecule has 0 aromatic heterocycles. The molecule has 138 valence electrons. The zero-order chi connectivity index (χ0) is 19.1. The first-order chi connectivity index (χ1) is 13.1. The molecule has 0 N–H and O–H groups in total. The van der Waals surface area contributed by atoms with Crippen LogP contribution in [0, 0.1) is 5.92 Å². The van der Waals surface area contributed by atoms with E-state index in [4.69, 9.17) is 4.74 Å². The normalized spacial score (nSPS) is 10.6. The number of rotatable bonds is 7. The molecule has 0 saturated carbocycles. The van der Waals surface area contributed by atoms with Crippen molar-refractivity contribution in [3.8, 4) is 11.5 Å². The Morgan fingerprint density at radius 1 is 0.852 bits per heavy atom. The van der Waals surface area contributed by atoms with Gasteiger partial charge in [-0.05, 0) is 47.9 Å². The number of benzene rings is 3. The van der Waals surface area contributed by atoms with Gasteiger partial charge in [-0.3, -0.25) is 4.79 Å². The minimum atomic E-state index is 0.0543. The van der Waals surface area contributed by atoms with Crippen molar-refractivity contribution in [3.05, 3.63) is 96.1 Å². The lowest BCUT2D eigenvalue weighted by Gasteiger charge is -2.25. The highest BCUT2D eigenvalue weighted by Crippen LogP contribution is 2.23. The van der Waals surface area contributed by atoms with Crippen LogP contribution >= 0.6 is 0 Å². The average molecular weight is 359 g/mol. The van der Waals surface area contributed by atoms with Crippen LogP contribution < -0.4 is 4.74 Å². The summed E-state index contributed by atoms with van der Waals surface area (Å²) in [5.74, 6) is 2.02. The number of amides is 1. The first-order valence-electron chi connectivity index (χ1n) is 9.28. The van der Waals surface area contributed by atoms with Gasteiger partial charge in [0.05, 0.1) is 0 Å². The molecule has 3 heteroatoms. The molecule has 3 rings (SSSR count). The molecule has 0 radical (unpaired) electrons. The van der Waals surface area contributed by atoms with Crippen LogP contribution in [0.1, 0.15) is 29.8 Å². The van der Waals surface area contributed by atoms with E-state index >= 15 is 0 Å². The Hall–Kier alpha value is -3.07. The molecule has 0 unspecified atom stereocenters. The van der Waals surface area contributed by atoms with Crippen LogP contribution in [0.15, 0.2) is 84.9 Å². The van der Waals surface area contributed by atoms with E-state index in [1.165, 1.54) is 0 Å². The maximum atomic E-state index is 13.0. The highest BCUT2D eigenvalue weighted by Gasteiger charge is 2.17. The predicted octanol–water partition coefficient (Wildman–Crippen LogP) is 5.78. The van der Waals surface area contributed by atoms with Crippen LogP contribution in [0.4, 0.5) is 0 Å². The van der Waals surface area contributed by atoms with Crippen LogP contribution in [0.5, 0.6) is 11.5 Å². The third-order valence-electron chi connectivity index (χ3n) is 4.14. The molecule has 0 spiro atoms. The fourth-order valence-electron chi connectivity index (χ4n) is 2.98. The smallest absolute Gasteiger partial charge is 0.254 e. The number of para-hydroxylation sites is 1. The molecule has 3 aromatic rings. The Bertz CT molecular complexity index is 860. The van der Waals surface area contributed by atoms with E-state index in [0.29, 0.717) is 19.0 Å². The Morgan fingerprint density at radius 3 is 2.15 bits per heavy atom. The molecule has 0 fully saturated rings. The van der Waals surface area contributed by atoms with Crippen molar-refractivity contribution >= 4 is 5.91 Å². The van der Waals surface area contributed by atoms with Gasteiger partial charge in [0, 0.05) is 18.7 Å². The van der Waals surface area contributed by atoms with E-state index in [1.54, 1.807) is 0 Å². The molecule has 0 aliphatic rings. The summed E-state index contributed by atoms with van der Waals surface area (Å²) in [5, 5.41) is 0. The van der Waals surface area contributed by atoms with Gasteiger partial charge in [0.25, 0.3) is 5.91 Å². The topological polar surface area (TPSA) is 29.5 Å². The molecule has 3 nitrogen and oxygen atoms in total. The molecule has 0 aliphatic heterocycles. The summed E-state index contributed by atoms with van der Waals surface area (Å²) in [7, 11) is 0. The minimum Gasteiger partial charge on any atom is -0.457 e. The molecule has 1 amide bonds. The van der Waals surface area contributed by atoms with E-state index in [-0.39, 0.29) is 5.91 Å². The lowest BCUT2D eigenvalue weighted by molar-refractivity contribution is 0.0722. The second kappa shape index (κ2) is 9.04. The number of carbonyl (C=O) groups is 1. The van der Waals surface area contributed by atoms with Gasteiger partial charge in [0.2, 0.25) is 0 Å². The molecule has 0 bridgehead atoms. The Kier molecular flexibility index (Phi) is 6.26. The van der Waals surface area contributed by atoms with Crippen LogP contribution in [0.3, 0.4) is 0 Å². The van der Waals surface area contributed by atoms with Gasteiger partial charge >= 0.3 is 0 Å². The fraction of sp³-hybridized carbons (Fsp3) is 0.208. The zero-order valence-electron chi connectivity index (χ0n) is 15.8. The highest BCUT2D eigenvalue weighted by molar-refractivity contribution is 5.94. The Morgan fingerprint density at radius 2 is 1.48 bits per heavy atom. The molecule has 3 aromatic carbocycles. The molecule has 0 atom stereocenters. The van der Waals surface area contributed by atoms with E-state index in [2.05, 4.69) is 13.8 Å². The number of hydrogen-bond donors (Lipinski definition) is 0. The molecular formula is C24H25NO2. The maximum absolute atomic E-state index is 13.0. The summed E-state index contributed by atoms with van der Waals surface area (Å²) in [6, 6.07) is 27.1. The number of nitrogens with zero attached hydrogens (tertiary/aromatic N) is 1. The molecule has 0 aliphatic carbocycles. The lowest BCUT2D eigenvalue weighted by Crippen LogP contribution is -2.33. The SMILES string of the molecule is CC(C)CN(Cc1cccc(Oc2ccccc2)c1)C(=O)c1ccccc1. The lowest BCUT2D eigenvalue weighted by atomic mass is 10.1. The third-order valence-corrected chi connectivity index (χ3v) is 4.14. The van der Waals surface area contributed by atoms with Crippen molar-refractivity contribution in [1.29, 1.82) is 0 Å². The summed E-state index contributed by atoms with van der Waals surface area (Å²) < 4.78 is 5.92. The first-order valence-corrected chi connectivity index (χ1v) is 9.28. The van der Waals surface area contributed by atoms with Crippen molar-refractivity contribution in [3.63, 3.8) is 0 Å². The summed E-state index contributed by atoms with van der Waals surface area (Å²) in [5.41, 5.74) is 1.77. The van der Waals surface area contributed by atoms with Gasteiger partial charge in [-0.25, -0.2) is 0 Å². The Labute approximate surface area is 161 Å². The minimum absolute atomic E-state index is 0.0543. The number of carbonyl (C=O) groups excluding carboxylic acids is 1. The summed E-state index contributed by atoms with van der Waals surface area (Å²) in [4.78, 5) is 14.9. The fourth-order valence-corrected chi connectivity index (χ4v) is 2.98. The van der Waals surface area contributed by atoms with E-state index in [0.717, 1.165) is 22.6 Å². The monoisotopic (exact) mass is 359 g/mol. The third kappa shape index (κ3) is 5.45. The molecule has 0 heterocycles. The number of hydrogen-bond acceptors (Lipinski definition) is 2. The quantitative estimate of drug-likeness (QED) is 0.535. The molecular weight excluding hydrogens is 334 g/mol. The average Bonchev–Trinajstić information content (AvgIpc) is 2.68. The van der Waals surface area contributed by atoms with Gasteiger partial charge in [-0.2, -0.15) is 0 Å². The van der Waals surface area contributed by atoms with Crippen molar-refractivity contribution in [2.45, 2.75) is 20.4 Å². The largest absolute Gasteiger partial charge is 0.457 e. The van der Waals surface area contributed by atoms with Crippen molar-refractivity contribution in [1.82, 2.24) is 4.90 Å². The van der Waals surface area contributed by atoms with Crippen LogP contribution in [-0.4, -0.2) is 17.4 Å². The predicted molar refractivity (Wildman–Crippen MR) is 109 cm³/mol. The van der Waals surface area contributed by atoms with E-state index in [9.17, 15) is 4.79 Å². The van der Waals surface area contributed by atoms with Crippen LogP contribution in [0.2, 0.25) is 0 Å². The van der Waals surface area contributed by atoms with Gasteiger partial charge in [0.15, 0.2) is 0 Å². The zero-order valence-corrected chi connectivity index (χ0v) is 15.8. The van der Waals surface area contributed by atoms with Gasteiger partial charge < -0.3 is 9.64 Å². The summed E-state index contributed by atoms with van der Waals surface area (Å²) in [6.45, 7) is 5.51. The van der Waals surface area contributed by atoms with Crippen molar-refractivity contribution < 1.29 is 9.53 Å². The summed E-state index contributed by atoms with van der Waals surface area (Å²) in [6.07, 6.45) is 0. The number of ether oxygens (including phenoxy) is 1. The van der Waals surface area contributed by atoms with Crippen molar-refractivity contribution in [2.75, 3.05) is 6.54 Å². The first kappa shape index (κ1) is 18.7. The molecule has 27 heavy (non-hydrogen) atoms. The van der Waals surface area contributed by atoms with Gasteiger partial charge in [-0.1, -0.05) is 62.4 Å². The van der Waals surface area contributed by atoms with Gasteiger partial charge in [-0.15, -0.1) is 0 Å². The second-order valence-electron chi connectivity index (χ2n) is 7.01. The van der Waals surface area contributed by atoms with Crippen LogP contribution in [-0.2, 0) is 6.54 Å². The maximum Gasteiger partial charge on any atom is 0.254 e. The standard InChI is InChI=1S/C24H25NO2/c1-19(2)17-25(24(26)21-11-5-3-6-12-21)18-20-10-9-15-23(16-20)27-22-13-7-4-8-14-22/h3-16,19H,17-18H2,1-2H3. The van der Waals surface area contributed by atoms with Crippen LogP contribution in [0.25, 0.3) is 0 Å². The van der Waals surface area contributed by atoms with E-state index < -0.39 is 0 Å². The van der Waals surface area contributed by atoms with Gasteiger partial charge in [0.1, 0.15) is 11.5 Å².